The van der Waals surface area contributed by atoms with Crippen molar-refractivity contribution in [3.63, 3.8) is 0 Å². The number of hydrogen-bond donors (Lipinski definition) is 0. The fourth-order valence-electron chi connectivity index (χ4n) is 2.71. The summed E-state index contributed by atoms with van der Waals surface area (Å²) < 4.78 is 2.30. The van der Waals surface area contributed by atoms with Crippen molar-refractivity contribution in [1.29, 1.82) is 0 Å². The zero-order chi connectivity index (χ0) is 14.5. The van der Waals surface area contributed by atoms with Crippen molar-refractivity contribution in [3.05, 3.63) is 84.8 Å². The van der Waals surface area contributed by atoms with E-state index in [1.54, 1.807) is 0 Å². The van der Waals surface area contributed by atoms with E-state index >= 15 is 0 Å². The molecule has 2 aromatic rings. The van der Waals surface area contributed by atoms with Crippen molar-refractivity contribution in [1.82, 2.24) is 8.96 Å². The number of rotatable bonds is 6. The van der Waals surface area contributed by atoms with Gasteiger partial charge in [-0.15, -0.1) is 16.8 Å². The van der Waals surface area contributed by atoms with Crippen LogP contribution in [-0.2, 0) is 0 Å². The number of nitrogens with zero attached hydrogens (tertiary/aromatic N) is 2. The molecule has 0 N–H and O–H groups in total. The summed E-state index contributed by atoms with van der Waals surface area (Å²) in [7, 11) is -1.18. The molecule has 0 saturated heterocycles. The Bertz CT molecular complexity index is 656. The van der Waals surface area contributed by atoms with Gasteiger partial charge in [-0.05, 0) is 29.9 Å². The first-order valence-corrected chi connectivity index (χ1v) is 9.03. The lowest BCUT2D eigenvalue weighted by atomic mass is 10.2. The number of imidazole rings is 1. The summed E-state index contributed by atoms with van der Waals surface area (Å²) >= 11 is 0. The molecule has 0 aliphatic carbocycles. The first-order chi connectivity index (χ1) is 10.4. The molecule has 0 amide bonds. The molecule has 2 heterocycles. The van der Waals surface area contributed by atoms with Gasteiger partial charge in [0.15, 0.2) is 0 Å². The van der Waals surface area contributed by atoms with Crippen LogP contribution in [0.4, 0.5) is 0 Å². The molecule has 1 unspecified atom stereocenters. The Hall–Kier alpha value is -2.00. The Kier molecular flexibility index (Phi) is 4.11. The SMILES string of the molecule is C=CCCCS1(n2ccnc2)C=CC=C1c1ccccc1. The van der Waals surface area contributed by atoms with E-state index in [-0.39, 0.29) is 0 Å². The fraction of sp³-hybridized carbons (Fsp3) is 0.167. The number of benzene rings is 1. The molecular weight excluding hydrogens is 276 g/mol. The van der Waals surface area contributed by atoms with Gasteiger partial charge in [0.1, 0.15) is 6.33 Å². The standard InChI is InChI=1S/C18H20N2S/c1-2-3-7-14-21(20-13-12-19-16-20)15-8-11-18(21)17-9-5-4-6-10-17/h2,4-6,8-13,15-16H,1,3,7,14H2. The second-order valence-corrected chi connectivity index (χ2v) is 8.09. The van der Waals surface area contributed by atoms with E-state index in [1.165, 1.54) is 10.5 Å². The number of allylic oxidation sites excluding steroid dienone is 3. The van der Waals surface area contributed by atoms with Gasteiger partial charge in [0.05, 0.1) is 0 Å². The van der Waals surface area contributed by atoms with Gasteiger partial charge in [-0.3, -0.25) is 3.97 Å². The van der Waals surface area contributed by atoms with Crippen LogP contribution >= 0.6 is 10.2 Å². The molecule has 1 atom stereocenters. The van der Waals surface area contributed by atoms with Crippen molar-refractivity contribution in [2.45, 2.75) is 12.8 Å². The molecule has 0 saturated carbocycles. The minimum Gasteiger partial charge on any atom is -0.291 e. The molecule has 1 aromatic carbocycles. The van der Waals surface area contributed by atoms with Crippen LogP contribution in [0, 0.1) is 0 Å². The zero-order valence-corrected chi connectivity index (χ0v) is 12.9. The summed E-state index contributed by atoms with van der Waals surface area (Å²) in [6.45, 7) is 3.84. The normalized spacial score (nSPS) is 23.5. The Balaban J connectivity index is 2.01. The van der Waals surface area contributed by atoms with E-state index in [0.29, 0.717) is 0 Å². The first kappa shape index (κ1) is 14.0. The monoisotopic (exact) mass is 296 g/mol. The Labute approximate surface area is 128 Å². The highest BCUT2D eigenvalue weighted by atomic mass is 32.3. The molecule has 0 bridgehead atoms. The van der Waals surface area contributed by atoms with E-state index in [4.69, 9.17) is 0 Å². The van der Waals surface area contributed by atoms with Crippen molar-refractivity contribution >= 4 is 15.1 Å². The Morgan fingerprint density at radius 2 is 2.10 bits per heavy atom. The minimum atomic E-state index is -1.18. The van der Waals surface area contributed by atoms with Gasteiger partial charge in [0.25, 0.3) is 0 Å². The number of unbranched alkanes of at least 4 members (excludes halogenated alkanes) is 1. The van der Waals surface area contributed by atoms with Gasteiger partial charge in [0, 0.05) is 23.1 Å². The largest absolute Gasteiger partial charge is 0.291 e. The molecule has 3 heteroatoms. The summed E-state index contributed by atoms with van der Waals surface area (Å²) in [4.78, 5) is 5.69. The van der Waals surface area contributed by atoms with Crippen LogP contribution in [0.15, 0.2) is 79.3 Å². The molecule has 0 spiro atoms. The van der Waals surface area contributed by atoms with Crippen molar-refractivity contribution in [2.75, 3.05) is 5.75 Å². The van der Waals surface area contributed by atoms with Gasteiger partial charge in [-0.1, -0.05) is 42.5 Å². The smallest absolute Gasteiger partial charge is 0.104 e. The van der Waals surface area contributed by atoms with Crippen molar-refractivity contribution in [2.24, 2.45) is 0 Å². The molecule has 1 aliphatic heterocycles. The van der Waals surface area contributed by atoms with Crippen LogP contribution in [0.25, 0.3) is 4.91 Å². The molecule has 0 fully saturated rings. The lowest BCUT2D eigenvalue weighted by Gasteiger charge is -2.38. The summed E-state index contributed by atoms with van der Waals surface area (Å²) in [5, 5.41) is 2.38. The summed E-state index contributed by atoms with van der Waals surface area (Å²) in [6.07, 6.45) is 14.6. The van der Waals surface area contributed by atoms with Crippen LogP contribution in [0.1, 0.15) is 18.4 Å². The average Bonchev–Trinajstić information content (AvgIpc) is 3.18. The van der Waals surface area contributed by atoms with Crippen LogP contribution in [0.2, 0.25) is 0 Å². The average molecular weight is 296 g/mol. The lowest BCUT2D eigenvalue weighted by molar-refractivity contribution is 0.963. The predicted octanol–water partition coefficient (Wildman–Crippen LogP) is 4.99. The van der Waals surface area contributed by atoms with E-state index in [0.717, 1.165) is 18.6 Å². The van der Waals surface area contributed by atoms with Gasteiger partial charge in [-0.2, -0.15) is 0 Å². The molecule has 108 valence electrons. The Morgan fingerprint density at radius 3 is 2.81 bits per heavy atom. The molecule has 1 aromatic heterocycles. The lowest BCUT2D eigenvalue weighted by Crippen LogP contribution is -2.11. The molecule has 21 heavy (non-hydrogen) atoms. The van der Waals surface area contributed by atoms with Crippen LogP contribution in [0.3, 0.4) is 0 Å². The number of aromatic nitrogens is 2. The van der Waals surface area contributed by atoms with Crippen LogP contribution in [-0.4, -0.2) is 14.7 Å². The zero-order valence-electron chi connectivity index (χ0n) is 12.1. The highest BCUT2D eigenvalue weighted by molar-refractivity contribution is 8.42. The fourth-order valence-corrected chi connectivity index (χ4v) is 6.08. The van der Waals surface area contributed by atoms with Gasteiger partial charge >= 0.3 is 0 Å². The maximum Gasteiger partial charge on any atom is 0.104 e. The third-order valence-corrected chi connectivity index (χ3v) is 7.33. The van der Waals surface area contributed by atoms with E-state index in [9.17, 15) is 0 Å². The molecule has 2 nitrogen and oxygen atoms in total. The molecular formula is C18H20N2S. The van der Waals surface area contributed by atoms with Crippen molar-refractivity contribution in [3.8, 4) is 0 Å². The van der Waals surface area contributed by atoms with E-state index in [1.807, 2.05) is 18.6 Å². The third-order valence-electron chi connectivity index (χ3n) is 3.71. The number of hydrogen-bond acceptors (Lipinski definition) is 1. The predicted molar refractivity (Wildman–Crippen MR) is 93.1 cm³/mol. The van der Waals surface area contributed by atoms with Crippen LogP contribution in [0.5, 0.6) is 0 Å². The summed E-state index contributed by atoms with van der Waals surface area (Å²) in [5.41, 5.74) is 1.31. The summed E-state index contributed by atoms with van der Waals surface area (Å²) in [6, 6.07) is 10.7. The van der Waals surface area contributed by atoms with Gasteiger partial charge in [-0.25, -0.2) is 4.98 Å². The third kappa shape index (κ3) is 2.61. The second-order valence-electron chi connectivity index (χ2n) is 5.04. The quantitative estimate of drug-likeness (QED) is 0.542. The first-order valence-electron chi connectivity index (χ1n) is 7.21. The van der Waals surface area contributed by atoms with Crippen LogP contribution < -0.4 is 0 Å². The minimum absolute atomic E-state index is 1.05. The van der Waals surface area contributed by atoms with E-state index < -0.39 is 10.2 Å². The highest BCUT2D eigenvalue weighted by Gasteiger charge is 2.30. The summed E-state index contributed by atoms with van der Waals surface area (Å²) in [5.74, 6) is 1.13. The maximum absolute atomic E-state index is 4.27. The highest BCUT2D eigenvalue weighted by Crippen LogP contribution is 2.64. The molecule has 0 radical (unpaired) electrons. The van der Waals surface area contributed by atoms with Gasteiger partial charge in [0.2, 0.25) is 0 Å². The van der Waals surface area contributed by atoms with Crippen molar-refractivity contribution < 1.29 is 0 Å². The molecule has 1 aliphatic rings. The molecule has 3 rings (SSSR count). The second kappa shape index (κ2) is 6.19. The van der Waals surface area contributed by atoms with Gasteiger partial charge < -0.3 is 0 Å². The maximum atomic E-state index is 4.27. The van der Waals surface area contributed by atoms with E-state index in [2.05, 4.69) is 69.6 Å². The Morgan fingerprint density at radius 1 is 1.24 bits per heavy atom. The topological polar surface area (TPSA) is 17.8 Å².